The van der Waals surface area contributed by atoms with Crippen LogP contribution in [0.2, 0.25) is 0 Å². The van der Waals surface area contributed by atoms with Crippen LogP contribution in [0.5, 0.6) is 0 Å². The van der Waals surface area contributed by atoms with Gasteiger partial charge in [0.05, 0.1) is 11.4 Å². The normalized spacial score (nSPS) is 17.2. The number of anilines is 3. The Kier molecular flexibility index (Phi) is 4.98. The first-order chi connectivity index (χ1) is 14.2. The number of nitrogens with one attached hydrogen (secondary N) is 1. The van der Waals surface area contributed by atoms with E-state index in [1.165, 1.54) is 38.0 Å². The Hall–Kier alpha value is -2.43. The monoisotopic (exact) mass is 401 g/mol. The maximum Gasteiger partial charge on any atom is 0.0529 e. The van der Waals surface area contributed by atoms with E-state index in [1.54, 1.807) is 0 Å². The number of benzene rings is 3. The summed E-state index contributed by atoms with van der Waals surface area (Å²) < 4.78 is 0. The van der Waals surface area contributed by atoms with E-state index in [-0.39, 0.29) is 0 Å². The van der Waals surface area contributed by atoms with Crippen molar-refractivity contribution < 1.29 is 0 Å². The lowest BCUT2D eigenvalue weighted by atomic mass is 9.92. The van der Waals surface area contributed by atoms with E-state index in [9.17, 15) is 0 Å². The summed E-state index contributed by atoms with van der Waals surface area (Å²) in [7, 11) is 2.21. The van der Waals surface area contributed by atoms with E-state index in [2.05, 4.69) is 95.8 Å². The number of hydrogen-bond acceptors (Lipinski definition) is 4. The summed E-state index contributed by atoms with van der Waals surface area (Å²) in [5.41, 5.74) is 6.50. The lowest BCUT2D eigenvalue weighted by Crippen LogP contribution is -2.44. The van der Waals surface area contributed by atoms with Crippen LogP contribution >= 0.6 is 11.8 Å². The zero-order chi connectivity index (χ0) is 19.8. The van der Waals surface area contributed by atoms with Crippen molar-refractivity contribution >= 4 is 28.8 Å². The first-order valence-electron chi connectivity index (χ1n) is 10.4. The highest BCUT2D eigenvalue weighted by molar-refractivity contribution is 7.99. The third-order valence-corrected chi connectivity index (χ3v) is 7.27. The zero-order valence-corrected chi connectivity index (χ0v) is 17.9. The summed E-state index contributed by atoms with van der Waals surface area (Å²) >= 11 is 1.85. The topological polar surface area (TPSA) is 18.5 Å². The van der Waals surface area contributed by atoms with Crippen molar-refractivity contribution in [2.75, 3.05) is 43.4 Å². The molecule has 4 heteroatoms. The Morgan fingerprint density at radius 1 is 0.793 bits per heavy atom. The van der Waals surface area contributed by atoms with Gasteiger partial charge in [-0.15, -0.1) is 0 Å². The molecule has 2 heterocycles. The fraction of sp³-hybridized carbons (Fsp3) is 0.280. The number of nitrogens with zero attached hydrogens (tertiary/aromatic N) is 2. The van der Waals surface area contributed by atoms with Crippen molar-refractivity contribution in [3.63, 3.8) is 0 Å². The average molecular weight is 402 g/mol. The number of piperazine rings is 1. The van der Waals surface area contributed by atoms with Gasteiger partial charge in [-0.2, -0.15) is 0 Å². The highest BCUT2D eigenvalue weighted by Crippen LogP contribution is 2.45. The standard InChI is InChI=1S/C25H27N3S/c1-18(19-6-5-7-21(16-19)28-14-12-27(2)13-15-28)20-10-11-25-23(17-20)26-22-8-3-4-9-24(22)29-25/h3-11,16-18,26H,12-15H2,1-2H3. The third kappa shape index (κ3) is 3.75. The second-order valence-corrected chi connectivity index (χ2v) is 9.17. The Balaban J connectivity index is 1.39. The Morgan fingerprint density at radius 3 is 2.41 bits per heavy atom. The van der Waals surface area contributed by atoms with Gasteiger partial charge in [0, 0.05) is 47.6 Å². The van der Waals surface area contributed by atoms with Crippen LogP contribution in [-0.2, 0) is 0 Å². The lowest BCUT2D eigenvalue weighted by Gasteiger charge is -2.34. The van der Waals surface area contributed by atoms with E-state index in [4.69, 9.17) is 0 Å². The highest BCUT2D eigenvalue weighted by atomic mass is 32.2. The molecular formula is C25H27N3S. The van der Waals surface area contributed by atoms with Gasteiger partial charge in [0.25, 0.3) is 0 Å². The molecule has 0 bridgehead atoms. The Morgan fingerprint density at radius 2 is 1.55 bits per heavy atom. The molecule has 3 nitrogen and oxygen atoms in total. The molecule has 1 saturated heterocycles. The van der Waals surface area contributed by atoms with Crippen molar-refractivity contribution in [2.24, 2.45) is 0 Å². The summed E-state index contributed by atoms with van der Waals surface area (Å²) in [6.07, 6.45) is 0. The van der Waals surface area contributed by atoms with Gasteiger partial charge in [0.1, 0.15) is 0 Å². The molecule has 0 aromatic heterocycles. The van der Waals surface area contributed by atoms with Crippen molar-refractivity contribution in [3.8, 4) is 0 Å². The summed E-state index contributed by atoms with van der Waals surface area (Å²) in [5.74, 6) is 0.358. The second kappa shape index (κ2) is 7.77. The van der Waals surface area contributed by atoms with E-state index in [0.717, 1.165) is 26.2 Å². The van der Waals surface area contributed by atoms with E-state index < -0.39 is 0 Å². The number of rotatable bonds is 3. The third-order valence-electron chi connectivity index (χ3n) is 6.12. The molecular weight excluding hydrogens is 374 g/mol. The largest absolute Gasteiger partial charge is 0.369 e. The molecule has 29 heavy (non-hydrogen) atoms. The first-order valence-corrected chi connectivity index (χ1v) is 11.2. The molecule has 0 saturated carbocycles. The van der Waals surface area contributed by atoms with Gasteiger partial charge in [0.2, 0.25) is 0 Å². The summed E-state index contributed by atoms with van der Waals surface area (Å²) in [5, 5.41) is 3.62. The van der Waals surface area contributed by atoms with Gasteiger partial charge < -0.3 is 15.1 Å². The molecule has 1 unspecified atom stereocenters. The predicted octanol–water partition coefficient (Wildman–Crippen LogP) is 5.80. The van der Waals surface area contributed by atoms with Gasteiger partial charge in [-0.1, -0.05) is 49.0 Å². The second-order valence-electron chi connectivity index (χ2n) is 8.09. The van der Waals surface area contributed by atoms with Gasteiger partial charge in [0.15, 0.2) is 0 Å². The van der Waals surface area contributed by atoms with E-state index in [0.29, 0.717) is 5.92 Å². The summed E-state index contributed by atoms with van der Waals surface area (Å²) in [4.78, 5) is 7.50. The molecule has 1 atom stereocenters. The van der Waals surface area contributed by atoms with E-state index >= 15 is 0 Å². The van der Waals surface area contributed by atoms with Crippen LogP contribution in [0.15, 0.2) is 76.5 Å². The molecule has 0 radical (unpaired) electrons. The maximum absolute atomic E-state index is 3.62. The van der Waals surface area contributed by atoms with Crippen molar-refractivity contribution in [1.82, 2.24) is 4.90 Å². The van der Waals surface area contributed by atoms with Gasteiger partial charge in [-0.3, -0.25) is 0 Å². The van der Waals surface area contributed by atoms with Crippen LogP contribution in [0.3, 0.4) is 0 Å². The molecule has 2 aliphatic heterocycles. The van der Waals surface area contributed by atoms with Crippen LogP contribution in [-0.4, -0.2) is 38.1 Å². The number of hydrogen-bond donors (Lipinski definition) is 1. The van der Waals surface area contributed by atoms with E-state index in [1.807, 2.05) is 11.8 Å². The summed E-state index contributed by atoms with van der Waals surface area (Å²) in [6, 6.07) is 24.5. The zero-order valence-electron chi connectivity index (χ0n) is 17.1. The maximum atomic E-state index is 3.62. The van der Waals surface area contributed by atoms with Crippen LogP contribution in [0.4, 0.5) is 17.1 Å². The van der Waals surface area contributed by atoms with Crippen LogP contribution < -0.4 is 10.2 Å². The first kappa shape index (κ1) is 18.6. The van der Waals surface area contributed by atoms with Crippen LogP contribution in [0.25, 0.3) is 0 Å². The molecule has 148 valence electrons. The number of likely N-dealkylation sites (N-methyl/N-ethyl adjacent to an activating group) is 1. The molecule has 3 aromatic rings. The molecule has 1 N–H and O–H groups in total. The minimum atomic E-state index is 0.358. The SMILES string of the molecule is CC(c1cccc(N2CCN(C)CC2)c1)c1ccc2c(c1)Nc1ccccc1S2. The van der Waals surface area contributed by atoms with Crippen LogP contribution in [0.1, 0.15) is 24.0 Å². The molecule has 2 aliphatic rings. The summed E-state index contributed by atoms with van der Waals surface area (Å²) in [6.45, 7) is 6.79. The van der Waals surface area contributed by atoms with Gasteiger partial charge in [-0.25, -0.2) is 0 Å². The predicted molar refractivity (Wildman–Crippen MR) is 124 cm³/mol. The minimum absolute atomic E-state index is 0.358. The Bertz CT molecular complexity index is 1020. The van der Waals surface area contributed by atoms with Crippen molar-refractivity contribution in [2.45, 2.75) is 22.6 Å². The molecule has 0 amide bonds. The molecule has 0 spiro atoms. The van der Waals surface area contributed by atoms with Gasteiger partial charge in [-0.05, 0) is 54.6 Å². The van der Waals surface area contributed by atoms with Crippen LogP contribution in [0, 0.1) is 0 Å². The molecule has 1 fully saturated rings. The lowest BCUT2D eigenvalue weighted by molar-refractivity contribution is 0.313. The molecule has 5 rings (SSSR count). The highest BCUT2D eigenvalue weighted by Gasteiger charge is 2.19. The minimum Gasteiger partial charge on any atom is -0.369 e. The fourth-order valence-corrected chi connectivity index (χ4v) is 5.14. The fourth-order valence-electron chi connectivity index (χ4n) is 4.17. The van der Waals surface area contributed by atoms with Crippen molar-refractivity contribution in [3.05, 3.63) is 77.9 Å². The van der Waals surface area contributed by atoms with Crippen molar-refractivity contribution in [1.29, 1.82) is 0 Å². The number of fused-ring (bicyclic) bond motifs is 2. The average Bonchev–Trinajstić information content (AvgIpc) is 2.77. The number of para-hydroxylation sites is 1. The smallest absolute Gasteiger partial charge is 0.0529 e. The Labute approximate surface area is 177 Å². The van der Waals surface area contributed by atoms with Gasteiger partial charge >= 0.3 is 0 Å². The quantitative estimate of drug-likeness (QED) is 0.467. The molecule has 3 aromatic carbocycles. The molecule has 0 aliphatic carbocycles.